The highest BCUT2D eigenvalue weighted by atomic mass is 32.2. The Kier molecular flexibility index (Phi) is 4.64. The summed E-state index contributed by atoms with van der Waals surface area (Å²) in [5, 5.41) is 10.1. The van der Waals surface area contributed by atoms with Crippen molar-refractivity contribution in [2.45, 2.75) is 25.9 Å². The van der Waals surface area contributed by atoms with E-state index in [0.717, 1.165) is 17.7 Å². The van der Waals surface area contributed by atoms with Crippen LogP contribution < -0.4 is 4.74 Å². The van der Waals surface area contributed by atoms with Gasteiger partial charge in [0.15, 0.2) is 0 Å². The fourth-order valence-electron chi connectivity index (χ4n) is 3.12. The smallest absolute Gasteiger partial charge is 0.236 e. The zero-order valence-corrected chi connectivity index (χ0v) is 14.0. The lowest BCUT2D eigenvalue weighted by Crippen LogP contribution is -2.41. The molecular weight excluding hydrogens is 314 g/mol. The van der Waals surface area contributed by atoms with E-state index in [4.69, 9.17) is 4.74 Å². The molecule has 3 rings (SSSR count). The lowest BCUT2D eigenvalue weighted by Gasteiger charge is -2.22. The number of amides is 2. The molecule has 0 aliphatic carbocycles. The van der Waals surface area contributed by atoms with Crippen LogP contribution in [0.1, 0.15) is 18.4 Å². The van der Waals surface area contributed by atoms with E-state index in [-0.39, 0.29) is 31.4 Å². The molecule has 2 aliphatic heterocycles. The van der Waals surface area contributed by atoms with Gasteiger partial charge in [-0.05, 0) is 36.8 Å². The molecule has 0 radical (unpaired) electrons. The van der Waals surface area contributed by atoms with Crippen LogP contribution >= 0.6 is 11.8 Å². The number of aryl methyl sites for hydroxylation is 1. The maximum Gasteiger partial charge on any atom is 0.236 e. The highest BCUT2D eigenvalue weighted by Crippen LogP contribution is 2.44. The van der Waals surface area contributed by atoms with Crippen molar-refractivity contribution in [3.63, 3.8) is 0 Å². The Balaban J connectivity index is 1.56. The number of thioether (sulfide) groups is 1. The highest BCUT2D eigenvalue weighted by Gasteiger charge is 2.53. The van der Waals surface area contributed by atoms with E-state index in [1.54, 1.807) is 11.8 Å². The summed E-state index contributed by atoms with van der Waals surface area (Å²) in [5.74, 6) is 2.01. The number of hydrogen-bond acceptors (Lipinski definition) is 5. The summed E-state index contributed by atoms with van der Waals surface area (Å²) in [6, 6.07) is 7.54. The van der Waals surface area contributed by atoms with Gasteiger partial charge in [-0.1, -0.05) is 12.1 Å². The van der Waals surface area contributed by atoms with Crippen molar-refractivity contribution in [3.05, 3.63) is 29.8 Å². The monoisotopic (exact) mass is 335 g/mol. The minimum atomic E-state index is -0.882. The summed E-state index contributed by atoms with van der Waals surface area (Å²) in [6.45, 7) is 2.03. The Labute approximate surface area is 140 Å². The molecule has 6 heteroatoms. The standard InChI is InChI=1S/C17H21NO4S/c1-12-3-2-4-14(7-12)22-10-13(19)9-18-15(20)8-17(16(18)21)5-6-23-11-17/h2-4,7,13,19H,5-6,8-11H2,1H3. The zero-order valence-electron chi connectivity index (χ0n) is 13.2. The number of likely N-dealkylation sites (tertiary alicyclic amines) is 1. The van der Waals surface area contributed by atoms with Crippen LogP contribution in [0, 0.1) is 12.3 Å². The first-order chi connectivity index (χ1) is 11.0. The Morgan fingerprint density at radius 2 is 2.26 bits per heavy atom. The molecule has 1 aromatic rings. The van der Waals surface area contributed by atoms with Gasteiger partial charge in [-0.2, -0.15) is 11.8 Å². The number of benzene rings is 1. The van der Waals surface area contributed by atoms with Gasteiger partial charge in [0, 0.05) is 12.2 Å². The van der Waals surface area contributed by atoms with E-state index in [9.17, 15) is 14.7 Å². The topological polar surface area (TPSA) is 66.8 Å². The van der Waals surface area contributed by atoms with E-state index in [1.165, 1.54) is 4.90 Å². The number of imide groups is 1. The van der Waals surface area contributed by atoms with Crippen LogP contribution in [0.5, 0.6) is 5.75 Å². The van der Waals surface area contributed by atoms with Crippen LogP contribution in [-0.2, 0) is 9.59 Å². The first-order valence-electron chi connectivity index (χ1n) is 7.80. The second-order valence-electron chi connectivity index (χ2n) is 6.35. The van der Waals surface area contributed by atoms with Gasteiger partial charge in [-0.25, -0.2) is 0 Å². The second kappa shape index (κ2) is 6.53. The van der Waals surface area contributed by atoms with Crippen molar-refractivity contribution in [1.29, 1.82) is 0 Å². The molecular formula is C17H21NO4S. The van der Waals surface area contributed by atoms with Crippen molar-refractivity contribution in [3.8, 4) is 5.75 Å². The maximum absolute atomic E-state index is 12.5. The third-order valence-corrected chi connectivity index (χ3v) is 5.67. The molecule has 2 amide bonds. The average Bonchev–Trinajstić information content (AvgIpc) is 3.07. The molecule has 1 N–H and O–H groups in total. The fraction of sp³-hybridized carbons (Fsp3) is 0.529. The number of rotatable bonds is 5. The van der Waals surface area contributed by atoms with Crippen molar-refractivity contribution in [1.82, 2.24) is 4.90 Å². The molecule has 2 heterocycles. The highest BCUT2D eigenvalue weighted by molar-refractivity contribution is 7.99. The van der Waals surface area contributed by atoms with Gasteiger partial charge in [0.2, 0.25) is 11.8 Å². The van der Waals surface area contributed by atoms with Crippen molar-refractivity contribution in [2.75, 3.05) is 24.7 Å². The summed E-state index contributed by atoms with van der Waals surface area (Å²) in [5.41, 5.74) is 0.557. The van der Waals surface area contributed by atoms with Gasteiger partial charge in [-0.15, -0.1) is 0 Å². The van der Waals surface area contributed by atoms with Gasteiger partial charge >= 0.3 is 0 Å². The Morgan fingerprint density at radius 1 is 1.43 bits per heavy atom. The molecule has 2 aliphatic rings. The van der Waals surface area contributed by atoms with Crippen molar-refractivity contribution in [2.24, 2.45) is 5.41 Å². The maximum atomic E-state index is 12.5. The molecule has 0 saturated carbocycles. The minimum Gasteiger partial charge on any atom is -0.491 e. The van der Waals surface area contributed by atoms with E-state index >= 15 is 0 Å². The first kappa shape index (κ1) is 16.3. The van der Waals surface area contributed by atoms with Crippen molar-refractivity contribution < 1.29 is 19.4 Å². The van der Waals surface area contributed by atoms with E-state index in [2.05, 4.69) is 0 Å². The van der Waals surface area contributed by atoms with Gasteiger partial charge in [0.25, 0.3) is 0 Å². The number of carbonyl (C=O) groups excluding carboxylic acids is 2. The number of carbonyl (C=O) groups is 2. The molecule has 124 valence electrons. The lowest BCUT2D eigenvalue weighted by atomic mass is 9.86. The molecule has 23 heavy (non-hydrogen) atoms. The summed E-state index contributed by atoms with van der Waals surface area (Å²) in [4.78, 5) is 25.9. The molecule has 0 aromatic heterocycles. The van der Waals surface area contributed by atoms with Crippen LogP contribution in [0.2, 0.25) is 0 Å². The van der Waals surface area contributed by atoms with Crippen LogP contribution in [0.3, 0.4) is 0 Å². The first-order valence-corrected chi connectivity index (χ1v) is 8.96. The van der Waals surface area contributed by atoms with Gasteiger partial charge in [0.05, 0.1) is 12.0 Å². The fourth-order valence-corrected chi connectivity index (χ4v) is 4.56. The van der Waals surface area contributed by atoms with Crippen LogP contribution in [0.25, 0.3) is 0 Å². The normalized spacial score (nSPS) is 25.4. The largest absolute Gasteiger partial charge is 0.491 e. The molecule has 2 atom stereocenters. The zero-order chi connectivity index (χ0) is 16.4. The minimum absolute atomic E-state index is 0.00982. The predicted molar refractivity (Wildman–Crippen MR) is 88.4 cm³/mol. The van der Waals surface area contributed by atoms with E-state index < -0.39 is 11.5 Å². The number of aliphatic hydroxyl groups excluding tert-OH is 1. The van der Waals surface area contributed by atoms with Crippen LogP contribution in [-0.4, -0.2) is 52.6 Å². The lowest BCUT2D eigenvalue weighted by molar-refractivity contribution is -0.142. The molecule has 2 unspecified atom stereocenters. The third kappa shape index (κ3) is 3.38. The van der Waals surface area contributed by atoms with Gasteiger partial charge in [-0.3, -0.25) is 14.5 Å². The molecule has 2 fully saturated rings. The quantitative estimate of drug-likeness (QED) is 0.828. The summed E-state index contributed by atoms with van der Waals surface area (Å²) in [6.07, 6.45) is 0.159. The summed E-state index contributed by atoms with van der Waals surface area (Å²) >= 11 is 1.72. The summed E-state index contributed by atoms with van der Waals surface area (Å²) < 4.78 is 5.54. The second-order valence-corrected chi connectivity index (χ2v) is 7.46. The Bertz CT molecular complexity index is 612. The number of ether oxygens (including phenoxy) is 1. The predicted octanol–water partition coefficient (Wildman–Crippen LogP) is 1.62. The van der Waals surface area contributed by atoms with Crippen LogP contribution in [0.15, 0.2) is 24.3 Å². The average molecular weight is 335 g/mol. The molecule has 1 spiro atoms. The SMILES string of the molecule is Cc1cccc(OCC(O)CN2C(=O)CC3(CCSC3)C2=O)c1. The molecule has 0 bridgehead atoms. The molecule has 1 aromatic carbocycles. The Morgan fingerprint density at radius 3 is 2.96 bits per heavy atom. The van der Waals surface area contributed by atoms with Gasteiger partial charge in [0.1, 0.15) is 18.5 Å². The number of hydrogen-bond donors (Lipinski definition) is 1. The summed E-state index contributed by atoms with van der Waals surface area (Å²) in [7, 11) is 0. The van der Waals surface area contributed by atoms with E-state index in [1.807, 2.05) is 31.2 Å². The van der Waals surface area contributed by atoms with E-state index in [0.29, 0.717) is 11.5 Å². The molecule has 2 saturated heterocycles. The van der Waals surface area contributed by atoms with Crippen LogP contribution in [0.4, 0.5) is 0 Å². The third-order valence-electron chi connectivity index (χ3n) is 4.42. The number of aliphatic hydroxyl groups is 1. The van der Waals surface area contributed by atoms with Crippen molar-refractivity contribution >= 4 is 23.6 Å². The Hall–Kier alpha value is -1.53. The van der Waals surface area contributed by atoms with Gasteiger partial charge < -0.3 is 9.84 Å². The number of nitrogens with zero attached hydrogens (tertiary/aromatic N) is 1. The number of β-amino-alcohol motifs (C(OH)–C–C–N with tert-alkyl or cyclic N) is 1. The molecule has 5 nitrogen and oxygen atoms in total.